The summed E-state index contributed by atoms with van der Waals surface area (Å²) in [7, 11) is 0. The Morgan fingerprint density at radius 2 is 1.80 bits per heavy atom. The van der Waals surface area contributed by atoms with Crippen LogP contribution < -0.4 is 0 Å². The number of aliphatic hydroxyl groups is 3. The third kappa shape index (κ3) is 3.87. The summed E-state index contributed by atoms with van der Waals surface area (Å²) >= 11 is 5.95. The topological polar surface area (TPSA) is 130 Å². The van der Waals surface area contributed by atoms with Gasteiger partial charge < -0.3 is 24.8 Å². The summed E-state index contributed by atoms with van der Waals surface area (Å²) in [5, 5.41) is 35.2. The average Bonchev–Trinajstić information content (AvgIpc) is 3.31. The molecule has 1 aromatic rings. The maximum Gasteiger partial charge on any atom is 0.331 e. The third-order valence-electron chi connectivity index (χ3n) is 9.80. The van der Waals surface area contributed by atoms with Gasteiger partial charge in [-0.25, -0.2) is 4.79 Å². The zero-order chi connectivity index (χ0) is 29.4. The van der Waals surface area contributed by atoms with Crippen molar-refractivity contribution in [2.45, 2.75) is 63.9 Å². The molecule has 40 heavy (non-hydrogen) atoms. The van der Waals surface area contributed by atoms with Crippen molar-refractivity contribution in [3.63, 3.8) is 0 Å². The minimum atomic E-state index is -1.97. The van der Waals surface area contributed by atoms with Gasteiger partial charge in [-0.15, -0.1) is 0 Å². The Balaban J connectivity index is 1.61. The van der Waals surface area contributed by atoms with E-state index >= 15 is 0 Å². The smallest absolute Gasteiger partial charge is 0.331 e. The van der Waals surface area contributed by atoms with Crippen molar-refractivity contribution in [2.24, 2.45) is 29.1 Å². The molecule has 4 aliphatic rings. The molecule has 0 unspecified atom stereocenters. The molecule has 0 radical (unpaired) electrons. The minimum absolute atomic E-state index is 0.144. The standard InChI is InChI=1S/C31H35ClO8/c1-16-12-23-29(37,26(16)36)14-20(15-33)13-22-25-28(4,5)31(25,40-18(3)34)27(17(2)30(22,23)38)39-24(35)11-8-19-6-9-21(32)10-7-19/h6-13,17,22-23,25,27,33,37-38H,14-15H2,1-5H3/b11-8+/t17-,22+,23-,25-,27-,29-,30-,31-/m1/s1. The van der Waals surface area contributed by atoms with E-state index in [0.29, 0.717) is 16.2 Å². The van der Waals surface area contributed by atoms with Gasteiger partial charge in [0.05, 0.1) is 12.2 Å². The molecule has 0 saturated heterocycles. The van der Waals surface area contributed by atoms with Crippen LogP contribution in [-0.2, 0) is 23.9 Å². The van der Waals surface area contributed by atoms with E-state index in [0.717, 1.165) is 5.56 Å². The highest BCUT2D eigenvalue weighted by molar-refractivity contribution is 6.30. The number of hydrogen-bond acceptors (Lipinski definition) is 8. The van der Waals surface area contributed by atoms with Gasteiger partial charge in [0.25, 0.3) is 0 Å². The van der Waals surface area contributed by atoms with Crippen LogP contribution in [0.3, 0.4) is 0 Å². The van der Waals surface area contributed by atoms with E-state index in [9.17, 15) is 29.7 Å². The lowest BCUT2D eigenvalue weighted by Crippen LogP contribution is -2.66. The van der Waals surface area contributed by atoms with Crippen molar-refractivity contribution in [1.29, 1.82) is 0 Å². The molecule has 1 aromatic carbocycles. The Kier molecular flexibility index (Phi) is 6.74. The zero-order valence-electron chi connectivity index (χ0n) is 23.2. The number of carbonyl (C=O) groups is 3. The second-order valence-electron chi connectivity index (χ2n) is 12.3. The van der Waals surface area contributed by atoms with Gasteiger partial charge in [-0.3, -0.25) is 9.59 Å². The van der Waals surface area contributed by atoms with E-state index < -0.39 is 76.3 Å². The van der Waals surface area contributed by atoms with Crippen LogP contribution in [0, 0.1) is 29.1 Å². The molecular weight excluding hydrogens is 536 g/mol. The van der Waals surface area contributed by atoms with Crippen molar-refractivity contribution in [3.8, 4) is 0 Å². The summed E-state index contributed by atoms with van der Waals surface area (Å²) in [5.41, 5.74) is -4.33. The highest BCUT2D eigenvalue weighted by Gasteiger charge is 2.87. The molecule has 0 spiro atoms. The first-order valence-corrected chi connectivity index (χ1v) is 13.8. The van der Waals surface area contributed by atoms with Crippen LogP contribution in [-0.4, -0.2) is 62.6 Å². The maximum atomic E-state index is 13.2. The van der Waals surface area contributed by atoms with Gasteiger partial charge in [0.2, 0.25) is 0 Å². The summed E-state index contributed by atoms with van der Waals surface area (Å²) < 4.78 is 12.0. The maximum absolute atomic E-state index is 13.2. The van der Waals surface area contributed by atoms with Crippen molar-refractivity contribution in [1.82, 2.24) is 0 Å². The quantitative estimate of drug-likeness (QED) is 0.279. The van der Waals surface area contributed by atoms with Crippen LogP contribution in [0.25, 0.3) is 6.08 Å². The molecule has 0 bridgehead atoms. The van der Waals surface area contributed by atoms with Gasteiger partial charge in [0.1, 0.15) is 11.7 Å². The van der Waals surface area contributed by atoms with Crippen molar-refractivity contribution in [2.75, 3.05) is 6.61 Å². The molecule has 9 heteroatoms. The molecule has 2 saturated carbocycles. The number of aliphatic hydroxyl groups excluding tert-OH is 1. The van der Waals surface area contributed by atoms with Gasteiger partial charge in [-0.1, -0.05) is 56.7 Å². The molecule has 0 heterocycles. The molecule has 0 aromatic heterocycles. The van der Waals surface area contributed by atoms with E-state index in [4.69, 9.17) is 21.1 Å². The molecule has 5 rings (SSSR count). The lowest BCUT2D eigenvalue weighted by molar-refractivity contribution is -0.226. The van der Waals surface area contributed by atoms with E-state index in [-0.39, 0.29) is 6.42 Å². The second-order valence-corrected chi connectivity index (χ2v) is 12.7. The zero-order valence-corrected chi connectivity index (χ0v) is 23.9. The molecule has 3 N–H and O–H groups in total. The molecule has 214 valence electrons. The Morgan fingerprint density at radius 3 is 2.40 bits per heavy atom. The molecule has 4 aliphatic carbocycles. The van der Waals surface area contributed by atoms with Gasteiger partial charge >= 0.3 is 11.9 Å². The number of halogens is 1. The van der Waals surface area contributed by atoms with Gasteiger partial charge in [-0.05, 0) is 41.8 Å². The molecule has 0 amide bonds. The molecule has 8 atom stereocenters. The minimum Gasteiger partial charge on any atom is -0.455 e. The first-order chi connectivity index (χ1) is 18.6. The monoisotopic (exact) mass is 570 g/mol. The number of hydrogen-bond donors (Lipinski definition) is 3. The summed E-state index contributed by atoms with van der Waals surface area (Å²) in [6.45, 7) is 7.92. The first kappa shape index (κ1) is 28.7. The summed E-state index contributed by atoms with van der Waals surface area (Å²) in [6.07, 6.45) is 4.90. The number of Topliss-reactive ketones (excluding diaryl/α,β-unsaturated/α-hetero) is 1. The van der Waals surface area contributed by atoms with Crippen LogP contribution in [0.2, 0.25) is 5.02 Å². The van der Waals surface area contributed by atoms with E-state index in [1.165, 1.54) is 13.0 Å². The summed E-state index contributed by atoms with van der Waals surface area (Å²) in [5.74, 6) is -4.94. The lowest BCUT2D eigenvalue weighted by atomic mass is 9.59. The van der Waals surface area contributed by atoms with Crippen molar-refractivity contribution < 1.29 is 39.2 Å². The Bertz CT molecular complexity index is 1360. The molecular formula is C31H35ClO8. The highest BCUT2D eigenvalue weighted by Crippen LogP contribution is 2.77. The number of rotatable bonds is 5. The summed E-state index contributed by atoms with van der Waals surface area (Å²) in [6, 6.07) is 6.87. The number of ether oxygens (including phenoxy) is 2. The molecule has 8 nitrogen and oxygen atoms in total. The third-order valence-corrected chi connectivity index (χ3v) is 10.0. The second kappa shape index (κ2) is 9.38. The van der Waals surface area contributed by atoms with Crippen LogP contribution in [0.5, 0.6) is 0 Å². The first-order valence-electron chi connectivity index (χ1n) is 13.5. The predicted molar refractivity (Wildman–Crippen MR) is 147 cm³/mol. The van der Waals surface area contributed by atoms with Crippen molar-refractivity contribution in [3.05, 3.63) is 64.2 Å². The Hall–Kier alpha value is -2.78. The number of ketones is 1. The van der Waals surface area contributed by atoms with E-state index in [1.807, 2.05) is 13.8 Å². The van der Waals surface area contributed by atoms with Gasteiger partial charge in [-0.2, -0.15) is 0 Å². The highest BCUT2D eigenvalue weighted by atomic mass is 35.5. The number of carbonyl (C=O) groups excluding carboxylic acids is 3. The largest absolute Gasteiger partial charge is 0.455 e. The Labute approximate surface area is 238 Å². The van der Waals surface area contributed by atoms with Gasteiger partial charge in [0, 0.05) is 53.5 Å². The SMILES string of the molecule is CC(=O)O[C@@]12[C@H](OC(=O)/C=C/c3ccc(Cl)cc3)[C@@H](C)[C@@]3(O)[C@@H](C=C(CO)C[C@]4(O)C(=O)C(C)=C[C@@H]34)[C@@H]1C2(C)C. The average molecular weight is 571 g/mol. The van der Waals surface area contributed by atoms with E-state index in [1.54, 1.807) is 56.3 Å². The predicted octanol–water partition coefficient (Wildman–Crippen LogP) is 3.42. The van der Waals surface area contributed by atoms with Crippen molar-refractivity contribution >= 4 is 35.4 Å². The fourth-order valence-corrected chi connectivity index (χ4v) is 8.09. The fraction of sp³-hybridized carbons (Fsp3) is 0.516. The Morgan fingerprint density at radius 1 is 1.15 bits per heavy atom. The molecule has 0 aliphatic heterocycles. The normalized spacial score (nSPS) is 39.3. The number of fused-ring (bicyclic) bond motifs is 5. The van der Waals surface area contributed by atoms with Crippen LogP contribution in [0.1, 0.15) is 46.6 Å². The lowest BCUT2D eigenvalue weighted by Gasteiger charge is -2.53. The van der Waals surface area contributed by atoms with Crippen LogP contribution in [0.4, 0.5) is 0 Å². The van der Waals surface area contributed by atoms with E-state index in [2.05, 4.69) is 0 Å². The number of esters is 2. The summed E-state index contributed by atoms with van der Waals surface area (Å²) in [4.78, 5) is 38.9. The van der Waals surface area contributed by atoms with Crippen LogP contribution >= 0.6 is 11.6 Å². The van der Waals surface area contributed by atoms with Crippen LogP contribution in [0.15, 0.2) is 53.6 Å². The number of benzene rings is 1. The molecule has 2 fully saturated rings. The van der Waals surface area contributed by atoms with Gasteiger partial charge in [0.15, 0.2) is 11.4 Å². The fourth-order valence-electron chi connectivity index (χ4n) is 7.96.